The van der Waals surface area contributed by atoms with Gasteiger partial charge in [0.25, 0.3) is 0 Å². The molecule has 0 bridgehead atoms. The van der Waals surface area contributed by atoms with E-state index in [1.54, 1.807) is 38.1 Å². The second-order valence-electron chi connectivity index (χ2n) is 3.85. The van der Waals surface area contributed by atoms with Gasteiger partial charge in [-0.1, -0.05) is 19.1 Å². The Balaban J connectivity index is 2.94. The molecule has 0 heterocycles. The van der Waals surface area contributed by atoms with Gasteiger partial charge in [-0.2, -0.15) is 0 Å². The summed E-state index contributed by atoms with van der Waals surface area (Å²) in [6, 6.07) is 6.47. The zero-order chi connectivity index (χ0) is 12.3. The van der Waals surface area contributed by atoms with E-state index in [9.17, 15) is 8.42 Å². The zero-order valence-electron chi connectivity index (χ0n) is 9.55. The number of sulfone groups is 1. The van der Waals surface area contributed by atoms with E-state index >= 15 is 0 Å². The first-order valence-electron chi connectivity index (χ1n) is 5.21. The number of nitrogens with two attached hydrogens (primary N) is 2. The summed E-state index contributed by atoms with van der Waals surface area (Å²) in [7, 11) is -3.11. The molecule has 4 nitrogen and oxygen atoms in total. The lowest BCUT2D eigenvalue weighted by Crippen LogP contribution is -2.32. The molecular formula is C11H18N2O2S. The largest absolute Gasteiger partial charge is 0.399 e. The Morgan fingerprint density at radius 2 is 1.75 bits per heavy atom. The Morgan fingerprint density at radius 3 is 2.19 bits per heavy atom. The first-order chi connectivity index (χ1) is 7.38. The predicted molar refractivity (Wildman–Crippen MR) is 66.7 cm³/mol. The second-order valence-corrected chi connectivity index (χ2v) is 6.50. The summed E-state index contributed by atoms with van der Waals surface area (Å²) in [5.41, 5.74) is 12.9. The van der Waals surface area contributed by atoms with Crippen LogP contribution in [0.3, 0.4) is 0 Å². The lowest BCUT2D eigenvalue weighted by Gasteiger charge is -2.20. The third kappa shape index (κ3) is 2.74. The van der Waals surface area contributed by atoms with Crippen LogP contribution in [0.25, 0.3) is 0 Å². The minimum atomic E-state index is -3.11. The van der Waals surface area contributed by atoms with Gasteiger partial charge < -0.3 is 11.5 Å². The van der Waals surface area contributed by atoms with Gasteiger partial charge in [-0.3, -0.25) is 0 Å². The molecule has 2 atom stereocenters. The smallest absolute Gasteiger partial charge is 0.154 e. The highest BCUT2D eigenvalue weighted by Gasteiger charge is 2.26. The highest BCUT2D eigenvalue weighted by atomic mass is 32.2. The fourth-order valence-corrected chi connectivity index (χ4v) is 2.61. The third-order valence-electron chi connectivity index (χ3n) is 2.80. The number of rotatable bonds is 4. The quantitative estimate of drug-likeness (QED) is 0.774. The van der Waals surface area contributed by atoms with E-state index in [0.29, 0.717) is 5.69 Å². The number of nitrogen functional groups attached to an aromatic ring is 1. The minimum absolute atomic E-state index is 0.108. The van der Waals surface area contributed by atoms with Crippen LogP contribution in [-0.4, -0.2) is 19.4 Å². The highest BCUT2D eigenvalue weighted by Crippen LogP contribution is 2.21. The Morgan fingerprint density at radius 1 is 1.25 bits per heavy atom. The molecule has 1 aromatic carbocycles. The molecule has 0 aromatic heterocycles. The Hall–Kier alpha value is -1.07. The summed E-state index contributed by atoms with van der Waals surface area (Å²) < 4.78 is 23.4. The van der Waals surface area contributed by atoms with Crippen LogP contribution in [0.1, 0.15) is 25.5 Å². The van der Waals surface area contributed by atoms with Gasteiger partial charge in [0.2, 0.25) is 0 Å². The van der Waals surface area contributed by atoms with Gasteiger partial charge in [-0.15, -0.1) is 0 Å². The predicted octanol–water partition coefficient (Wildman–Crippen LogP) is 1.09. The van der Waals surface area contributed by atoms with Crippen molar-refractivity contribution in [1.82, 2.24) is 0 Å². The molecule has 0 aliphatic heterocycles. The summed E-state index contributed by atoms with van der Waals surface area (Å²) in [6.45, 7) is 3.27. The van der Waals surface area contributed by atoms with Crippen molar-refractivity contribution in [2.75, 3.05) is 11.5 Å². The number of hydrogen-bond acceptors (Lipinski definition) is 4. The molecule has 0 fully saturated rings. The first-order valence-corrected chi connectivity index (χ1v) is 6.92. The highest BCUT2D eigenvalue weighted by molar-refractivity contribution is 7.92. The van der Waals surface area contributed by atoms with Crippen molar-refractivity contribution >= 4 is 15.5 Å². The SMILES string of the molecule is CCS(=O)(=O)[C@H](C)[C@@H](N)c1ccc(N)cc1. The van der Waals surface area contributed by atoms with Crippen molar-refractivity contribution < 1.29 is 8.42 Å². The Labute approximate surface area is 96.6 Å². The zero-order valence-corrected chi connectivity index (χ0v) is 10.4. The summed E-state index contributed by atoms with van der Waals surface area (Å²) in [6.07, 6.45) is 0. The van der Waals surface area contributed by atoms with Crippen LogP contribution < -0.4 is 11.5 Å². The molecule has 0 saturated carbocycles. The van der Waals surface area contributed by atoms with Crippen molar-refractivity contribution in [3.63, 3.8) is 0 Å². The van der Waals surface area contributed by atoms with Crippen LogP contribution in [0.15, 0.2) is 24.3 Å². The van der Waals surface area contributed by atoms with Crippen LogP contribution in [0.2, 0.25) is 0 Å². The van der Waals surface area contributed by atoms with Crippen molar-refractivity contribution in [2.45, 2.75) is 25.1 Å². The second kappa shape index (κ2) is 4.84. The van der Waals surface area contributed by atoms with Gasteiger partial charge in [0.05, 0.1) is 5.25 Å². The van der Waals surface area contributed by atoms with E-state index in [-0.39, 0.29) is 5.75 Å². The topological polar surface area (TPSA) is 86.2 Å². The molecule has 0 radical (unpaired) electrons. The van der Waals surface area contributed by atoms with Gasteiger partial charge in [0.15, 0.2) is 9.84 Å². The number of anilines is 1. The van der Waals surface area contributed by atoms with E-state index in [0.717, 1.165) is 5.56 Å². The lowest BCUT2D eigenvalue weighted by atomic mass is 10.1. The summed E-state index contributed by atoms with van der Waals surface area (Å²) >= 11 is 0. The fraction of sp³-hybridized carbons (Fsp3) is 0.455. The molecule has 0 aliphatic carbocycles. The molecule has 5 heteroatoms. The van der Waals surface area contributed by atoms with E-state index in [4.69, 9.17) is 11.5 Å². The van der Waals surface area contributed by atoms with Gasteiger partial charge >= 0.3 is 0 Å². The molecule has 0 spiro atoms. The van der Waals surface area contributed by atoms with Crippen LogP contribution in [0.5, 0.6) is 0 Å². The Bertz CT molecular complexity index is 440. The third-order valence-corrected chi connectivity index (χ3v) is 5.03. The molecule has 90 valence electrons. The number of benzene rings is 1. The molecule has 0 unspecified atom stereocenters. The van der Waals surface area contributed by atoms with Gasteiger partial charge in [-0.05, 0) is 24.6 Å². The molecular weight excluding hydrogens is 224 g/mol. The van der Waals surface area contributed by atoms with Crippen LogP contribution >= 0.6 is 0 Å². The van der Waals surface area contributed by atoms with Crippen molar-refractivity contribution in [1.29, 1.82) is 0 Å². The fourth-order valence-electron chi connectivity index (χ4n) is 1.48. The van der Waals surface area contributed by atoms with E-state index in [1.807, 2.05) is 0 Å². The van der Waals surface area contributed by atoms with Crippen LogP contribution in [0.4, 0.5) is 5.69 Å². The normalized spacial score (nSPS) is 15.7. The average Bonchev–Trinajstić information content (AvgIpc) is 2.28. The maximum absolute atomic E-state index is 11.7. The van der Waals surface area contributed by atoms with Crippen molar-refractivity contribution in [2.24, 2.45) is 5.73 Å². The molecule has 0 amide bonds. The van der Waals surface area contributed by atoms with Crippen molar-refractivity contribution in [3.8, 4) is 0 Å². The molecule has 0 aliphatic rings. The van der Waals surface area contributed by atoms with Crippen LogP contribution in [0, 0.1) is 0 Å². The van der Waals surface area contributed by atoms with E-state index < -0.39 is 21.1 Å². The maximum Gasteiger partial charge on any atom is 0.154 e. The Kier molecular flexibility index (Phi) is 3.93. The van der Waals surface area contributed by atoms with E-state index in [1.165, 1.54) is 0 Å². The standard InChI is InChI=1S/C11H18N2O2S/c1-3-16(14,15)8(2)11(13)9-4-6-10(12)7-5-9/h4-8,11H,3,12-13H2,1-2H3/t8-,11-/m1/s1. The van der Waals surface area contributed by atoms with Gasteiger partial charge in [-0.25, -0.2) is 8.42 Å². The maximum atomic E-state index is 11.7. The summed E-state index contributed by atoms with van der Waals surface area (Å²) in [5.74, 6) is 0.108. The molecule has 4 N–H and O–H groups in total. The van der Waals surface area contributed by atoms with Gasteiger partial charge in [0.1, 0.15) is 0 Å². The molecule has 0 saturated heterocycles. The minimum Gasteiger partial charge on any atom is -0.399 e. The van der Waals surface area contributed by atoms with Gasteiger partial charge in [0, 0.05) is 17.5 Å². The lowest BCUT2D eigenvalue weighted by molar-refractivity contribution is 0.566. The summed E-state index contributed by atoms with van der Waals surface area (Å²) in [5, 5.41) is -0.582. The number of hydrogen-bond donors (Lipinski definition) is 2. The van der Waals surface area contributed by atoms with Crippen molar-refractivity contribution in [3.05, 3.63) is 29.8 Å². The monoisotopic (exact) mass is 242 g/mol. The van der Waals surface area contributed by atoms with E-state index in [2.05, 4.69) is 0 Å². The average molecular weight is 242 g/mol. The van der Waals surface area contributed by atoms with Crippen LogP contribution in [-0.2, 0) is 9.84 Å². The first kappa shape index (κ1) is 13.0. The molecule has 16 heavy (non-hydrogen) atoms. The summed E-state index contributed by atoms with van der Waals surface area (Å²) in [4.78, 5) is 0. The molecule has 1 rings (SSSR count). The molecule has 1 aromatic rings.